The number of Topliss-reactive ketones (excluding diaryl/α,β-unsaturated/α-hetero) is 5. The Balaban J connectivity index is 2.02. The van der Waals surface area contributed by atoms with Gasteiger partial charge in [-0.15, -0.1) is 0 Å². The number of hydrogen-bond acceptors (Lipinski definition) is 7. The molecule has 6 atom stereocenters. The molecule has 0 aromatic heterocycles. The van der Waals surface area contributed by atoms with Crippen LogP contribution >= 0.6 is 0 Å². The molecule has 2 saturated carbocycles. The first-order chi connectivity index (χ1) is 17.3. The van der Waals surface area contributed by atoms with Crippen molar-refractivity contribution in [1.82, 2.24) is 0 Å². The topological polar surface area (TPSA) is 126 Å². The van der Waals surface area contributed by atoms with Gasteiger partial charge < -0.3 is 10.2 Å². The van der Waals surface area contributed by atoms with Gasteiger partial charge in [0.05, 0.1) is 11.5 Å². The zero-order valence-corrected chi connectivity index (χ0v) is 23.9. The van der Waals surface area contributed by atoms with Gasteiger partial charge in [0.2, 0.25) is 0 Å². The summed E-state index contributed by atoms with van der Waals surface area (Å²) in [5.74, 6) is -8.58. The first-order valence-corrected chi connectivity index (χ1v) is 13.6. The summed E-state index contributed by atoms with van der Waals surface area (Å²) in [4.78, 5) is 68.3. The van der Waals surface area contributed by atoms with E-state index >= 15 is 0 Å². The van der Waals surface area contributed by atoms with E-state index in [4.69, 9.17) is 0 Å². The van der Waals surface area contributed by atoms with Gasteiger partial charge in [0.1, 0.15) is 17.5 Å². The Labute approximate surface area is 224 Å². The van der Waals surface area contributed by atoms with Crippen LogP contribution in [0.25, 0.3) is 0 Å². The van der Waals surface area contributed by atoms with Crippen molar-refractivity contribution in [3.8, 4) is 5.75 Å². The van der Waals surface area contributed by atoms with Gasteiger partial charge in [-0.2, -0.15) is 0 Å². The molecule has 0 spiro atoms. The Kier molecular flexibility index (Phi) is 6.27. The van der Waals surface area contributed by atoms with Crippen molar-refractivity contribution in [2.24, 2.45) is 34.5 Å². The summed E-state index contributed by atoms with van der Waals surface area (Å²) in [6, 6.07) is 1.93. The molecule has 0 heterocycles. The van der Waals surface area contributed by atoms with Crippen LogP contribution < -0.4 is 0 Å². The first-order valence-electron chi connectivity index (χ1n) is 13.6. The fourth-order valence-electron chi connectivity index (χ4n) is 8.17. The van der Waals surface area contributed by atoms with Crippen LogP contribution in [0.2, 0.25) is 0 Å². The molecule has 3 aliphatic rings. The normalized spacial score (nSPS) is 35.2. The van der Waals surface area contributed by atoms with E-state index in [0.29, 0.717) is 17.5 Å². The second-order valence-corrected chi connectivity index (χ2v) is 13.7. The summed E-state index contributed by atoms with van der Waals surface area (Å²) in [5, 5.41) is 23.4. The van der Waals surface area contributed by atoms with Gasteiger partial charge in [-0.05, 0) is 54.1 Å². The third-order valence-electron chi connectivity index (χ3n) is 9.66. The quantitative estimate of drug-likeness (QED) is 0.574. The van der Waals surface area contributed by atoms with Crippen LogP contribution in [0.4, 0.5) is 0 Å². The lowest BCUT2D eigenvalue weighted by atomic mass is 9.39. The van der Waals surface area contributed by atoms with Crippen LogP contribution in [-0.4, -0.2) is 44.7 Å². The van der Waals surface area contributed by atoms with E-state index in [9.17, 15) is 34.2 Å². The monoisotopic (exact) mass is 524 g/mol. The standard InChI is InChI=1S/C31H40O7/c1-10-16-11-18(28(5,6)7)23(33)20-17(16)12-29(8)13-30(9)21(14(2)3)24(34)19(15(4)32)26(36)31(30,38)27(37)22(29)25(20)35/h11,14,19,21-22,33,38H,10,12-13H2,1-9H3/t19?,21?,22?,29-,30-,31+/m1/s1. The van der Waals surface area contributed by atoms with Gasteiger partial charge in [-0.25, -0.2) is 0 Å². The lowest BCUT2D eigenvalue weighted by Gasteiger charge is -2.62. The van der Waals surface area contributed by atoms with Crippen molar-refractivity contribution in [3.63, 3.8) is 0 Å². The summed E-state index contributed by atoms with van der Waals surface area (Å²) in [5.41, 5.74) is -3.39. The Hall–Kier alpha value is -2.67. The van der Waals surface area contributed by atoms with Gasteiger partial charge in [-0.3, -0.25) is 24.0 Å². The maximum absolute atomic E-state index is 14.4. The van der Waals surface area contributed by atoms with E-state index < -0.39 is 68.5 Å². The Morgan fingerprint density at radius 2 is 1.68 bits per heavy atom. The Morgan fingerprint density at radius 3 is 2.16 bits per heavy atom. The zero-order chi connectivity index (χ0) is 28.9. The molecule has 2 fully saturated rings. The summed E-state index contributed by atoms with van der Waals surface area (Å²) in [7, 11) is 0. The number of fused-ring (bicyclic) bond motifs is 3. The number of ketones is 5. The van der Waals surface area contributed by atoms with Crippen LogP contribution in [-0.2, 0) is 37.4 Å². The molecule has 0 bridgehead atoms. The molecule has 4 rings (SSSR count). The molecule has 1 aromatic rings. The van der Waals surface area contributed by atoms with Crippen molar-refractivity contribution in [1.29, 1.82) is 0 Å². The second-order valence-electron chi connectivity index (χ2n) is 13.7. The summed E-state index contributed by atoms with van der Waals surface area (Å²) < 4.78 is 0. The van der Waals surface area contributed by atoms with Gasteiger partial charge in [0, 0.05) is 16.9 Å². The number of aliphatic hydroxyl groups is 1. The fourth-order valence-corrected chi connectivity index (χ4v) is 8.17. The molecule has 38 heavy (non-hydrogen) atoms. The van der Waals surface area contributed by atoms with E-state index in [1.165, 1.54) is 0 Å². The number of phenolic OH excluding ortho intramolecular Hbond substituents is 1. The van der Waals surface area contributed by atoms with Crippen molar-refractivity contribution in [3.05, 3.63) is 28.3 Å². The van der Waals surface area contributed by atoms with Crippen molar-refractivity contribution < 1.29 is 34.2 Å². The predicted molar refractivity (Wildman–Crippen MR) is 141 cm³/mol. The molecule has 0 radical (unpaired) electrons. The van der Waals surface area contributed by atoms with Gasteiger partial charge in [0.15, 0.2) is 28.7 Å². The average molecular weight is 525 g/mol. The summed E-state index contributed by atoms with van der Waals surface area (Å²) in [6.45, 7) is 15.8. The average Bonchev–Trinajstić information content (AvgIpc) is 2.75. The molecule has 3 aliphatic carbocycles. The highest BCUT2D eigenvalue weighted by molar-refractivity contribution is 6.32. The third-order valence-corrected chi connectivity index (χ3v) is 9.66. The lowest BCUT2D eigenvalue weighted by Crippen LogP contribution is -2.76. The van der Waals surface area contributed by atoms with Crippen LogP contribution in [0.3, 0.4) is 0 Å². The highest BCUT2D eigenvalue weighted by Crippen LogP contribution is 2.64. The van der Waals surface area contributed by atoms with Crippen LogP contribution in [0.1, 0.15) is 95.8 Å². The predicted octanol–water partition coefficient (Wildman–Crippen LogP) is 3.95. The van der Waals surface area contributed by atoms with E-state index in [1.54, 1.807) is 27.7 Å². The minimum Gasteiger partial charge on any atom is -0.507 e. The van der Waals surface area contributed by atoms with Crippen molar-refractivity contribution in [2.45, 2.75) is 92.6 Å². The zero-order valence-electron chi connectivity index (χ0n) is 23.9. The van der Waals surface area contributed by atoms with E-state index in [1.807, 2.05) is 33.8 Å². The number of phenols is 1. The SMILES string of the molecule is CCc1cc(C(C)(C)C)c(O)c2c1C[C@]1(C)C[C@]3(C)C(C(C)C)C(=O)C(C(C)=O)C(=O)[C@]3(O)C(=O)C1C2=O. The molecule has 7 nitrogen and oxygen atoms in total. The molecule has 1 aromatic carbocycles. The number of carbonyl (C=O) groups excluding carboxylic acids is 5. The number of aromatic hydroxyl groups is 1. The first kappa shape index (κ1) is 28.3. The molecule has 0 saturated heterocycles. The van der Waals surface area contributed by atoms with Crippen molar-refractivity contribution in [2.75, 3.05) is 0 Å². The number of rotatable bonds is 3. The highest BCUT2D eigenvalue weighted by atomic mass is 16.3. The van der Waals surface area contributed by atoms with Gasteiger partial charge in [0.25, 0.3) is 0 Å². The van der Waals surface area contributed by atoms with E-state index in [0.717, 1.165) is 12.5 Å². The van der Waals surface area contributed by atoms with E-state index in [-0.39, 0.29) is 30.1 Å². The number of benzene rings is 1. The minimum atomic E-state index is -2.67. The van der Waals surface area contributed by atoms with Gasteiger partial charge in [-0.1, -0.05) is 61.5 Å². The second kappa shape index (κ2) is 8.41. The van der Waals surface area contributed by atoms with Crippen LogP contribution in [0.5, 0.6) is 5.75 Å². The lowest BCUT2D eigenvalue weighted by molar-refractivity contribution is -0.205. The van der Waals surface area contributed by atoms with E-state index in [2.05, 4.69) is 0 Å². The Morgan fingerprint density at radius 1 is 1.11 bits per heavy atom. The molecular weight excluding hydrogens is 484 g/mol. The number of hydrogen-bond donors (Lipinski definition) is 2. The number of aryl methyl sites for hydroxylation is 1. The van der Waals surface area contributed by atoms with Crippen molar-refractivity contribution >= 4 is 28.9 Å². The fraction of sp³-hybridized carbons (Fsp3) is 0.645. The molecule has 7 heteroatoms. The molecule has 0 amide bonds. The smallest absolute Gasteiger partial charge is 0.190 e. The minimum absolute atomic E-state index is 0.0635. The third kappa shape index (κ3) is 3.39. The van der Waals surface area contributed by atoms with Crippen LogP contribution in [0, 0.1) is 34.5 Å². The largest absolute Gasteiger partial charge is 0.507 e. The maximum Gasteiger partial charge on any atom is 0.190 e. The molecule has 206 valence electrons. The molecular formula is C31H40O7. The maximum atomic E-state index is 14.4. The summed E-state index contributed by atoms with van der Waals surface area (Å²) in [6.07, 6.45) is 0.954. The molecule has 3 unspecified atom stereocenters. The molecule has 2 N–H and O–H groups in total. The Bertz CT molecular complexity index is 1300. The molecule has 0 aliphatic heterocycles. The number of carbonyl (C=O) groups is 5. The van der Waals surface area contributed by atoms with Crippen LogP contribution in [0.15, 0.2) is 6.07 Å². The summed E-state index contributed by atoms with van der Waals surface area (Å²) >= 11 is 0. The highest BCUT2D eigenvalue weighted by Gasteiger charge is 2.76. The van der Waals surface area contributed by atoms with Gasteiger partial charge >= 0.3 is 0 Å².